The maximum atomic E-state index is 10.3. The molecule has 0 bridgehead atoms. The number of aromatic nitrogens is 2. The van der Waals surface area contributed by atoms with Crippen LogP contribution in [-0.4, -0.2) is 105 Å². The lowest BCUT2D eigenvalue weighted by molar-refractivity contribution is -0.165. The summed E-state index contributed by atoms with van der Waals surface area (Å²) in [5, 5.41) is 42.8. The van der Waals surface area contributed by atoms with Gasteiger partial charge in [-0.05, 0) is 43.9 Å². The highest BCUT2D eigenvalue weighted by Crippen LogP contribution is 2.45. The minimum Gasteiger partial charge on any atom is -0.493 e. The summed E-state index contributed by atoms with van der Waals surface area (Å²) in [5.74, 6) is -1.70. The van der Waals surface area contributed by atoms with Crippen LogP contribution in [0.2, 0.25) is 0 Å². The van der Waals surface area contributed by atoms with E-state index in [2.05, 4.69) is 9.97 Å². The van der Waals surface area contributed by atoms with Crippen molar-refractivity contribution in [3.63, 3.8) is 0 Å². The molecule has 14 heteroatoms. The Balaban J connectivity index is 0.000000378. The van der Waals surface area contributed by atoms with Gasteiger partial charge in [0.1, 0.15) is 0 Å². The van der Waals surface area contributed by atoms with E-state index >= 15 is 0 Å². The van der Waals surface area contributed by atoms with E-state index in [0.29, 0.717) is 36.0 Å². The van der Waals surface area contributed by atoms with Crippen molar-refractivity contribution in [2.24, 2.45) is 4.99 Å². The minimum absolute atomic E-state index is 0.0607. The molecule has 218 valence electrons. The van der Waals surface area contributed by atoms with Crippen LogP contribution in [0.4, 0.5) is 0 Å². The fraction of sp³-hybridized carbons (Fsp3) is 0.500. The smallest absolute Gasteiger partial charge is 0.335 e. The van der Waals surface area contributed by atoms with Gasteiger partial charge in [-0.1, -0.05) is 0 Å². The summed E-state index contributed by atoms with van der Waals surface area (Å²) in [4.78, 5) is 33.2. The van der Waals surface area contributed by atoms with Crippen molar-refractivity contribution in [2.45, 2.75) is 56.5 Å². The molecule has 1 saturated carbocycles. The molecule has 0 amide bonds. The normalized spacial score (nSPS) is 20.8. The molecule has 1 aliphatic heterocycles. The number of ether oxygens (including phenoxy) is 4. The molecule has 2 heterocycles. The Labute approximate surface area is 229 Å². The molecule has 0 radical (unpaired) electrons. The molecule has 1 fully saturated rings. The summed E-state index contributed by atoms with van der Waals surface area (Å²) < 4.78 is 22.1. The van der Waals surface area contributed by atoms with Crippen molar-refractivity contribution < 1.29 is 54.1 Å². The first-order chi connectivity index (χ1) is 19.1. The fourth-order valence-corrected chi connectivity index (χ4v) is 4.62. The van der Waals surface area contributed by atoms with E-state index in [1.54, 1.807) is 20.4 Å². The van der Waals surface area contributed by atoms with Crippen LogP contribution in [-0.2, 0) is 9.59 Å². The zero-order valence-electron chi connectivity index (χ0n) is 22.5. The second-order valence-electron chi connectivity index (χ2n) is 8.99. The Bertz CT molecular complexity index is 1230. The summed E-state index contributed by atoms with van der Waals surface area (Å²) in [5.41, 5.74) is 3.45. The molecular formula is C26H33N3O11. The zero-order valence-corrected chi connectivity index (χ0v) is 22.5. The summed E-state index contributed by atoms with van der Waals surface area (Å²) >= 11 is 0. The van der Waals surface area contributed by atoms with Crippen LogP contribution in [0.15, 0.2) is 23.3 Å². The number of carboxylic acid groups (broad SMARTS) is 2. The number of rotatable bonds is 9. The molecule has 0 saturated heterocycles. The van der Waals surface area contributed by atoms with Gasteiger partial charge < -0.3 is 44.5 Å². The number of aliphatic hydroxyl groups excluding tert-OH is 3. The Morgan fingerprint density at radius 1 is 0.975 bits per heavy atom. The van der Waals surface area contributed by atoms with E-state index in [1.807, 2.05) is 19.1 Å². The Morgan fingerprint density at radius 2 is 1.65 bits per heavy atom. The quantitative estimate of drug-likeness (QED) is 0.284. The lowest BCUT2D eigenvalue weighted by atomic mass is 9.74. The van der Waals surface area contributed by atoms with Crippen molar-refractivity contribution >= 4 is 17.7 Å². The third-order valence-corrected chi connectivity index (χ3v) is 6.54. The van der Waals surface area contributed by atoms with Gasteiger partial charge in [0.05, 0.1) is 51.4 Å². The number of carboxylic acids is 2. The van der Waals surface area contributed by atoms with Crippen LogP contribution in [0, 0.1) is 0 Å². The highest BCUT2D eigenvalue weighted by atomic mass is 16.5. The molecule has 5 atom stereocenters. The lowest BCUT2D eigenvalue weighted by Crippen LogP contribution is -2.39. The van der Waals surface area contributed by atoms with Crippen molar-refractivity contribution in [2.75, 3.05) is 27.9 Å². The molecule has 1 aliphatic carbocycles. The number of aliphatic imine (C=N–C) groups is 1. The van der Waals surface area contributed by atoms with Crippen molar-refractivity contribution in [1.82, 2.24) is 9.97 Å². The van der Waals surface area contributed by atoms with Crippen molar-refractivity contribution in [3.8, 4) is 23.4 Å². The summed E-state index contributed by atoms with van der Waals surface area (Å²) in [6, 6.07) is 4.26. The van der Waals surface area contributed by atoms with E-state index < -0.39 is 24.1 Å². The van der Waals surface area contributed by atoms with Gasteiger partial charge in [0.15, 0.2) is 23.7 Å². The summed E-state index contributed by atoms with van der Waals surface area (Å²) in [6.07, 6.45) is -0.971. The van der Waals surface area contributed by atoms with Gasteiger partial charge in [0.2, 0.25) is 5.88 Å². The molecule has 14 nitrogen and oxygen atoms in total. The third kappa shape index (κ3) is 6.58. The van der Waals surface area contributed by atoms with E-state index in [0.717, 1.165) is 29.7 Å². The molecular weight excluding hydrogens is 530 g/mol. The molecule has 5 N–H and O–H groups in total. The molecule has 4 rings (SSSR count). The molecule has 0 spiro atoms. The van der Waals surface area contributed by atoms with Crippen LogP contribution in [0.3, 0.4) is 0 Å². The van der Waals surface area contributed by atoms with E-state index in [-0.39, 0.29) is 24.1 Å². The Morgan fingerprint density at radius 3 is 2.20 bits per heavy atom. The van der Waals surface area contributed by atoms with Crippen LogP contribution < -0.4 is 18.9 Å². The highest BCUT2D eigenvalue weighted by molar-refractivity contribution is 6.16. The monoisotopic (exact) mass is 563 g/mol. The first-order valence-electron chi connectivity index (χ1n) is 12.4. The zero-order chi connectivity index (χ0) is 29.6. The number of fused-ring (bicyclic) bond motifs is 3. The molecule has 1 aromatic carbocycles. The molecule has 1 aromatic heterocycles. The average Bonchev–Trinajstić information content (AvgIpc) is 2.95. The fourth-order valence-electron chi connectivity index (χ4n) is 4.62. The average molecular weight is 564 g/mol. The maximum absolute atomic E-state index is 10.3. The maximum Gasteiger partial charge on any atom is 0.335 e. The number of hydrogen-bond acceptors (Lipinski definition) is 12. The topological polar surface area (TPSA) is 210 Å². The SMILES string of the molecule is CCOc1cc2c(cc1OC)C(c1cnc(OC)nc1OC)=N[C@@H]1CC[C@@H](O)C[C@H]21.O=C(O)[C@H](O)[C@@H](O)C(=O)O. The molecule has 2 aromatic rings. The number of carbonyl (C=O) groups is 2. The lowest BCUT2D eigenvalue weighted by Gasteiger charge is -2.37. The van der Waals surface area contributed by atoms with Gasteiger partial charge in [0.25, 0.3) is 0 Å². The number of aliphatic carboxylic acids is 2. The standard InChI is InChI=1S/C22H27N3O5.C4H6O6/c1-5-30-19-9-13-14-8-12(26)6-7-17(14)24-20(15(13)10-18(19)27-2)16-11-23-22(29-4)25-21(16)28-3;5-1(3(7)8)2(6)4(9)10/h9-12,14,17,26H,5-8H2,1-4H3;1-2,5-6H,(H,7,8)(H,9,10)/t12-,14-,17-;1-,2-/m11/s1. The van der Waals surface area contributed by atoms with Gasteiger partial charge in [-0.2, -0.15) is 4.98 Å². The van der Waals surface area contributed by atoms with Gasteiger partial charge in [0, 0.05) is 17.7 Å². The van der Waals surface area contributed by atoms with Crippen LogP contribution >= 0.6 is 0 Å². The second kappa shape index (κ2) is 13.4. The van der Waals surface area contributed by atoms with Crippen LogP contribution in [0.25, 0.3) is 0 Å². The second-order valence-corrected chi connectivity index (χ2v) is 8.99. The van der Waals surface area contributed by atoms with Crippen molar-refractivity contribution in [1.29, 1.82) is 0 Å². The molecule has 2 aliphatic rings. The Hall–Kier alpha value is -4.01. The minimum atomic E-state index is -2.27. The number of aliphatic hydroxyl groups is 3. The van der Waals surface area contributed by atoms with Gasteiger partial charge >= 0.3 is 17.9 Å². The number of benzene rings is 1. The van der Waals surface area contributed by atoms with Gasteiger partial charge in [-0.25, -0.2) is 14.6 Å². The highest BCUT2D eigenvalue weighted by Gasteiger charge is 2.38. The first-order valence-corrected chi connectivity index (χ1v) is 12.4. The third-order valence-electron chi connectivity index (χ3n) is 6.54. The van der Waals surface area contributed by atoms with Gasteiger partial charge in [-0.15, -0.1) is 0 Å². The van der Waals surface area contributed by atoms with E-state index in [4.69, 9.17) is 44.4 Å². The summed E-state index contributed by atoms with van der Waals surface area (Å²) in [6.45, 7) is 2.48. The van der Waals surface area contributed by atoms with Crippen molar-refractivity contribution in [3.05, 3.63) is 35.0 Å². The van der Waals surface area contributed by atoms with E-state index in [9.17, 15) is 14.7 Å². The largest absolute Gasteiger partial charge is 0.493 e. The van der Waals surface area contributed by atoms with E-state index in [1.165, 1.54) is 7.11 Å². The van der Waals surface area contributed by atoms with Crippen LogP contribution in [0.1, 0.15) is 48.8 Å². The Kier molecular flexibility index (Phi) is 10.2. The molecule has 40 heavy (non-hydrogen) atoms. The first kappa shape index (κ1) is 30.5. The van der Waals surface area contributed by atoms with Crippen LogP contribution in [0.5, 0.6) is 23.4 Å². The summed E-state index contributed by atoms with van der Waals surface area (Å²) in [7, 11) is 4.70. The predicted octanol–water partition coefficient (Wildman–Crippen LogP) is 0.627. The number of hydrogen-bond donors (Lipinski definition) is 5. The molecule has 0 unspecified atom stereocenters. The predicted molar refractivity (Wildman–Crippen MR) is 139 cm³/mol. The number of nitrogens with zero attached hydrogens (tertiary/aromatic N) is 3. The van der Waals surface area contributed by atoms with Gasteiger partial charge in [-0.3, -0.25) is 4.99 Å². The number of methoxy groups -OCH3 is 3.